The molecule has 0 bridgehead atoms. The van der Waals surface area contributed by atoms with Crippen molar-refractivity contribution < 1.29 is 4.74 Å². The van der Waals surface area contributed by atoms with Gasteiger partial charge in [0.1, 0.15) is 0 Å². The third-order valence-electron chi connectivity index (χ3n) is 4.25. The van der Waals surface area contributed by atoms with Crippen molar-refractivity contribution in [3.05, 3.63) is 29.6 Å². The van der Waals surface area contributed by atoms with Crippen LogP contribution < -0.4 is 0 Å². The van der Waals surface area contributed by atoms with Crippen LogP contribution in [0, 0.1) is 12.8 Å². The van der Waals surface area contributed by atoms with Gasteiger partial charge in [0.15, 0.2) is 0 Å². The first-order valence-corrected chi connectivity index (χ1v) is 7.30. The highest BCUT2D eigenvalue weighted by atomic mass is 35.5. The molecule has 4 heteroatoms. The van der Waals surface area contributed by atoms with Gasteiger partial charge in [-0.2, -0.15) is 0 Å². The zero-order valence-corrected chi connectivity index (χ0v) is 13.9. The van der Waals surface area contributed by atoms with E-state index in [1.54, 1.807) is 0 Å². The van der Waals surface area contributed by atoms with Gasteiger partial charge in [0.05, 0.1) is 6.61 Å². The number of aryl methyl sites for hydroxylation is 1. The molecule has 1 aliphatic heterocycles. The summed E-state index contributed by atoms with van der Waals surface area (Å²) in [5.41, 5.74) is 2.44. The van der Waals surface area contributed by atoms with Crippen molar-refractivity contribution in [2.45, 2.75) is 39.7 Å². The summed E-state index contributed by atoms with van der Waals surface area (Å²) < 4.78 is 5.56. The largest absolute Gasteiger partial charge is 0.381 e. The lowest BCUT2D eigenvalue weighted by molar-refractivity contribution is 0.0977. The maximum atomic E-state index is 5.56. The van der Waals surface area contributed by atoms with Crippen LogP contribution in [0.15, 0.2) is 18.3 Å². The summed E-state index contributed by atoms with van der Waals surface area (Å²) in [6.45, 7) is 12.7. The van der Waals surface area contributed by atoms with E-state index in [0.29, 0.717) is 5.92 Å². The minimum absolute atomic E-state index is 0. The molecule has 20 heavy (non-hydrogen) atoms. The van der Waals surface area contributed by atoms with Crippen molar-refractivity contribution in [3.8, 4) is 0 Å². The number of rotatable bonds is 5. The average Bonchev–Trinajstić information content (AvgIpc) is 2.86. The zero-order chi connectivity index (χ0) is 13.9. The van der Waals surface area contributed by atoms with Crippen LogP contribution in [-0.4, -0.2) is 36.2 Å². The molecule has 3 nitrogen and oxygen atoms in total. The Morgan fingerprint density at radius 1 is 1.40 bits per heavy atom. The molecule has 0 aliphatic carbocycles. The number of pyridine rings is 1. The maximum Gasteiger partial charge on any atom is 0.0506 e. The van der Waals surface area contributed by atoms with Gasteiger partial charge in [-0.15, -0.1) is 12.4 Å². The molecule has 1 aromatic rings. The third-order valence-corrected chi connectivity index (χ3v) is 4.25. The standard InChI is InChI=1S/C16H26N2O.ClH/c1-5-19-12-14-8-9-18(11-14)16(3,4)15-7-6-13(2)17-10-15;/h6-7,10,14H,5,8-9,11-12H2,1-4H3;1H. The first kappa shape index (κ1) is 17.4. The Morgan fingerprint density at radius 3 is 2.75 bits per heavy atom. The van der Waals surface area contributed by atoms with Crippen LogP contribution in [0.25, 0.3) is 0 Å². The maximum absolute atomic E-state index is 5.56. The Labute approximate surface area is 129 Å². The number of ether oxygens (including phenoxy) is 1. The SMILES string of the molecule is CCOCC1CCN(C(C)(C)c2ccc(C)nc2)C1.Cl. The lowest BCUT2D eigenvalue weighted by atomic mass is 9.94. The molecule has 0 saturated carbocycles. The summed E-state index contributed by atoms with van der Waals surface area (Å²) in [5.74, 6) is 0.678. The first-order chi connectivity index (χ1) is 9.04. The van der Waals surface area contributed by atoms with Crippen LogP contribution in [0.5, 0.6) is 0 Å². The predicted molar refractivity (Wildman–Crippen MR) is 85.4 cm³/mol. The molecule has 2 rings (SSSR count). The van der Waals surface area contributed by atoms with E-state index in [4.69, 9.17) is 4.74 Å². The minimum Gasteiger partial charge on any atom is -0.381 e. The highest BCUT2D eigenvalue weighted by Gasteiger charge is 2.34. The summed E-state index contributed by atoms with van der Waals surface area (Å²) in [6, 6.07) is 4.31. The monoisotopic (exact) mass is 298 g/mol. The highest BCUT2D eigenvalue weighted by Crippen LogP contribution is 2.32. The van der Waals surface area contributed by atoms with Crippen LogP contribution in [0.4, 0.5) is 0 Å². The second-order valence-electron chi connectivity index (χ2n) is 6.01. The molecule has 1 aliphatic rings. The Morgan fingerprint density at radius 2 is 2.15 bits per heavy atom. The van der Waals surface area contributed by atoms with Crippen molar-refractivity contribution in [1.29, 1.82) is 0 Å². The lowest BCUT2D eigenvalue weighted by Crippen LogP contribution is -2.40. The van der Waals surface area contributed by atoms with Crippen LogP contribution in [-0.2, 0) is 10.3 Å². The number of hydrogen-bond acceptors (Lipinski definition) is 3. The molecule has 1 fully saturated rings. The van der Waals surface area contributed by atoms with Crippen LogP contribution in [0.3, 0.4) is 0 Å². The van der Waals surface area contributed by atoms with E-state index in [1.807, 2.05) is 13.1 Å². The number of halogens is 1. The van der Waals surface area contributed by atoms with Crippen LogP contribution >= 0.6 is 12.4 Å². The quantitative estimate of drug-likeness (QED) is 0.833. The summed E-state index contributed by atoms with van der Waals surface area (Å²) in [6.07, 6.45) is 3.26. The second kappa shape index (κ2) is 7.39. The van der Waals surface area contributed by atoms with E-state index in [0.717, 1.165) is 32.0 Å². The van der Waals surface area contributed by atoms with Gasteiger partial charge in [-0.3, -0.25) is 9.88 Å². The molecule has 2 heterocycles. The molecular weight excluding hydrogens is 272 g/mol. The molecule has 0 spiro atoms. The van der Waals surface area contributed by atoms with Crippen LogP contribution in [0.2, 0.25) is 0 Å². The summed E-state index contributed by atoms with van der Waals surface area (Å²) >= 11 is 0. The van der Waals surface area contributed by atoms with E-state index in [1.165, 1.54) is 12.0 Å². The second-order valence-corrected chi connectivity index (χ2v) is 6.01. The molecule has 0 aromatic carbocycles. The topological polar surface area (TPSA) is 25.4 Å². The Hall–Kier alpha value is -0.640. The highest BCUT2D eigenvalue weighted by molar-refractivity contribution is 5.85. The third kappa shape index (κ3) is 3.94. The van der Waals surface area contributed by atoms with Crippen LogP contribution in [0.1, 0.15) is 38.4 Å². The molecule has 1 unspecified atom stereocenters. The van der Waals surface area contributed by atoms with Gasteiger partial charge in [0.2, 0.25) is 0 Å². The van der Waals surface area contributed by atoms with Gasteiger partial charge in [-0.05, 0) is 58.2 Å². The molecule has 1 aromatic heterocycles. The fourth-order valence-electron chi connectivity index (χ4n) is 2.77. The van der Waals surface area contributed by atoms with E-state index in [9.17, 15) is 0 Å². The fraction of sp³-hybridized carbons (Fsp3) is 0.688. The number of aromatic nitrogens is 1. The van der Waals surface area contributed by atoms with Gasteiger partial charge in [-0.25, -0.2) is 0 Å². The van der Waals surface area contributed by atoms with Crippen molar-refractivity contribution >= 4 is 12.4 Å². The molecule has 1 atom stereocenters. The molecule has 0 amide bonds. The zero-order valence-electron chi connectivity index (χ0n) is 13.1. The predicted octanol–water partition coefficient (Wildman–Crippen LogP) is 3.41. The summed E-state index contributed by atoms with van der Waals surface area (Å²) in [4.78, 5) is 6.99. The molecule has 0 N–H and O–H groups in total. The van der Waals surface area contributed by atoms with E-state index in [2.05, 4.69) is 42.8 Å². The van der Waals surface area contributed by atoms with E-state index < -0.39 is 0 Å². The molecule has 0 radical (unpaired) electrons. The minimum atomic E-state index is 0. The van der Waals surface area contributed by atoms with Gasteiger partial charge in [0, 0.05) is 30.6 Å². The normalized spacial score (nSPS) is 19.9. The molecule has 114 valence electrons. The van der Waals surface area contributed by atoms with Gasteiger partial charge >= 0.3 is 0 Å². The Kier molecular flexibility index (Phi) is 6.44. The van der Waals surface area contributed by atoms with Gasteiger partial charge in [-0.1, -0.05) is 6.07 Å². The van der Waals surface area contributed by atoms with Gasteiger partial charge < -0.3 is 4.74 Å². The van der Waals surface area contributed by atoms with Crippen molar-refractivity contribution in [2.75, 3.05) is 26.3 Å². The fourth-order valence-corrected chi connectivity index (χ4v) is 2.77. The number of hydrogen-bond donors (Lipinski definition) is 0. The first-order valence-electron chi connectivity index (χ1n) is 7.30. The summed E-state index contributed by atoms with van der Waals surface area (Å²) in [5, 5.41) is 0. The number of nitrogens with zero attached hydrogens (tertiary/aromatic N) is 2. The van der Waals surface area contributed by atoms with E-state index >= 15 is 0 Å². The van der Waals surface area contributed by atoms with Crippen molar-refractivity contribution in [3.63, 3.8) is 0 Å². The van der Waals surface area contributed by atoms with E-state index in [-0.39, 0.29) is 17.9 Å². The van der Waals surface area contributed by atoms with Crippen molar-refractivity contribution in [2.24, 2.45) is 5.92 Å². The molecule has 1 saturated heterocycles. The summed E-state index contributed by atoms with van der Waals surface area (Å²) in [7, 11) is 0. The lowest BCUT2D eigenvalue weighted by Gasteiger charge is -2.36. The smallest absolute Gasteiger partial charge is 0.0506 e. The number of likely N-dealkylation sites (tertiary alicyclic amines) is 1. The van der Waals surface area contributed by atoms with Gasteiger partial charge in [0.25, 0.3) is 0 Å². The Bertz CT molecular complexity index is 405. The average molecular weight is 299 g/mol. The Balaban J connectivity index is 0.00000200. The van der Waals surface area contributed by atoms with Crippen molar-refractivity contribution in [1.82, 2.24) is 9.88 Å². The molecular formula is C16H27ClN2O.